The lowest BCUT2D eigenvalue weighted by Crippen LogP contribution is -2.47. The van der Waals surface area contributed by atoms with Crippen molar-refractivity contribution in [2.24, 2.45) is 0 Å². The molecule has 1 atom stereocenters. The second-order valence-electron chi connectivity index (χ2n) is 10.0. The van der Waals surface area contributed by atoms with Crippen LogP contribution in [0.5, 0.6) is 0 Å². The summed E-state index contributed by atoms with van der Waals surface area (Å²) in [4.78, 5) is 34.6. The first kappa shape index (κ1) is 24.0. The van der Waals surface area contributed by atoms with Gasteiger partial charge in [-0.15, -0.1) is 11.3 Å². The number of benzene rings is 2. The van der Waals surface area contributed by atoms with Crippen LogP contribution in [-0.2, 0) is 24.2 Å². The van der Waals surface area contributed by atoms with Gasteiger partial charge >= 0.3 is 0 Å². The predicted molar refractivity (Wildman–Crippen MR) is 144 cm³/mol. The van der Waals surface area contributed by atoms with Crippen molar-refractivity contribution < 1.29 is 9.18 Å². The van der Waals surface area contributed by atoms with Gasteiger partial charge in [-0.05, 0) is 48.1 Å². The largest absolute Gasteiger partial charge is 0.340 e. The van der Waals surface area contributed by atoms with Gasteiger partial charge in [-0.2, -0.15) is 0 Å². The van der Waals surface area contributed by atoms with E-state index in [1.54, 1.807) is 36.0 Å². The average molecular weight is 517 g/mol. The molecule has 4 aromatic rings. The molecule has 0 N–H and O–H groups in total. The van der Waals surface area contributed by atoms with Gasteiger partial charge in [0, 0.05) is 56.1 Å². The van der Waals surface area contributed by atoms with Crippen LogP contribution in [0.15, 0.2) is 59.7 Å². The van der Waals surface area contributed by atoms with E-state index in [0.717, 1.165) is 56.9 Å². The maximum absolute atomic E-state index is 14.3. The smallest absolute Gasteiger partial charge is 0.271 e. The number of hydrogen-bond donors (Lipinski definition) is 0. The van der Waals surface area contributed by atoms with E-state index in [9.17, 15) is 14.0 Å². The van der Waals surface area contributed by atoms with Crippen molar-refractivity contribution in [1.82, 2.24) is 19.4 Å². The summed E-state index contributed by atoms with van der Waals surface area (Å²) >= 11 is 1.31. The monoisotopic (exact) mass is 516 g/mol. The Bertz CT molecular complexity index is 1540. The van der Waals surface area contributed by atoms with Crippen molar-refractivity contribution >= 4 is 27.5 Å². The third-order valence-electron chi connectivity index (χ3n) is 7.69. The molecule has 0 unspecified atom stereocenters. The van der Waals surface area contributed by atoms with Crippen LogP contribution in [0.4, 0.5) is 4.39 Å². The van der Waals surface area contributed by atoms with Crippen LogP contribution >= 0.6 is 11.3 Å². The molecular formula is C29H29FN4O2S. The number of nitrogens with zero attached hydrogens (tertiary/aromatic N) is 4. The molecule has 0 bridgehead atoms. The average Bonchev–Trinajstić information content (AvgIpc) is 3.34. The third kappa shape index (κ3) is 4.71. The number of fused-ring (bicyclic) bond motifs is 2. The molecule has 1 aliphatic heterocycles. The van der Waals surface area contributed by atoms with E-state index in [1.807, 2.05) is 11.0 Å². The zero-order valence-electron chi connectivity index (χ0n) is 20.8. The highest BCUT2D eigenvalue weighted by Crippen LogP contribution is 2.34. The third-order valence-corrected chi connectivity index (χ3v) is 8.84. The minimum atomic E-state index is -0.295. The number of carbonyl (C=O) groups excluding carboxylic acids is 1. The minimum absolute atomic E-state index is 0.0487. The Kier molecular flexibility index (Phi) is 6.38. The molecule has 37 heavy (non-hydrogen) atoms. The summed E-state index contributed by atoms with van der Waals surface area (Å²) < 4.78 is 16.7. The van der Waals surface area contributed by atoms with Crippen molar-refractivity contribution in [3.63, 3.8) is 0 Å². The number of rotatable bonds is 4. The number of aryl methyl sites for hydroxylation is 1. The van der Waals surface area contributed by atoms with E-state index >= 15 is 0 Å². The van der Waals surface area contributed by atoms with Gasteiger partial charge < -0.3 is 4.90 Å². The van der Waals surface area contributed by atoms with Gasteiger partial charge in [0.15, 0.2) is 0 Å². The van der Waals surface area contributed by atoms with Crippen LogP contribution in [0.2, 0.25) is 0 Å². The van der Waals surface area contributed by atoms with Gasteiger partial charge in [0.2, 0.25) is 5.91 Å². The zero-order chi connectivity index (χ0) is 25.5. The van der Waals surface area contributed by atoms with Crippen LogP contribution in [0.25, 0.3) is 20.7 Å². The molecule has 190 valence electrons. The minimum Gasteiger partial charge on any atom is -0.340 e. The summed E-state index contributed by atoms with van der Waals surface area (Å²) in [5.74, 6) is -0.142. The van der Waals surface area contributed by atoms with E-state index in [0.29, 0.717) is 15.8 Å². The van der Waals surface area contributed by atoms with Gasteiger partial charge in [0.05, 0.1) is 11.8 Å². The Morgan fingerprint density at radius 1 is 1.08 bits per heavy atom. The number of piperazine rings is 1. The molecule has 0 saturated carbocycles. The maximum Gasteiger partial charge on any atom is 0.271 e. The molecule has 3 heterocycles. The molecule has 8 heteroatoms. The zero-order valence-corrected chi connectivity index (χ0v) is 21.6. The number of carbonyl (C=O) groups is 1. The second kappa shape index (κ2) is 9.84. The fourth-order valence-corrected chi connectivity index (χ4v) is 6.66. The van der Waals surface area contributed by atoms with E-state index < -0.39 is 0 Å². The van der Waals surface area contributed by atoms with Gasteiger partial charge in [-0.1, -0.05) is 36.4 Å². The molecule has 1 aliphatic carbocycles. The molecule has 2 aliphatic rings. The first-order valence-corrected chi connectivity index (χ1v) is 13.6. The fourth-order valence-electron chi connectivity index (χ4n) is 5.58. The van der Waals surface area contributed by atoms with Crippen molar-refractivity contribution in [3.8, 4) is 10.4 Å². The molecule has 6 nitrogen and oxygen atoms in total. The maximum atomic E-state index is 14.3. The molecule has 2 aromatic heterocycles. The Hall–Kier alpha value is -3.36. The number of amides is 1. The lowest BCUT2D eigenvalue weighted by atomic mass is 9.87. The highest BCUT2D eigenvalue weighted by atomic mass is 32.1. The van der Waals surface area contributed by atoms with Gasteiger partial charge in [-0.25, -0.2) is 9.37 Å². The summed E-state index contributed by atoms with van der Waals surface area (Å²) in [6.45, 7) is 5.92. The van der Waals surface area contributed by atoms with E-state index in [1.165, 1.54) is 34.1 Å². The Balaban J connectivity index is 1.19. The number of aromatic nitrogens is 2. The van der Waals surface area contributed by atoms with Crippen LogP contribution in [-0.4, -0.2) is 51.4 Å². The summed E-state index contributed by atoms with van der Waals surface area (Å²) in [5, 5.41) is 0. The van der Waals surface area contributed by atoms with Crippen LogP contribution in [0.1, 0.15) is 36.1 Å². The van der Waals surface area contributed by atoms with Crippen molar-refractivity contribution in [2.75, 3.05) is 26.2 Å². The van der Waals surface area contributed by atoms with E-state index in [-0.39, 0.29) is 23.3 Å². The second-order valence-corrected chi connectivity index (χ2v) is 11.1. The van der Waals surface area contributed by atoms with E-state index in [2.05, 4.69) is 28.1 Å². The number of hydrogen-bond acceptors (Lipinski definition) is 5. The molecule has 1 saturated heterocycles. The molecule has 0 spiro atoms. The topological polar surface area (TPSA) is 58.4 Å². The summed E-state index contributed by atoms with van der Waals surface area (Å²) in [6, 6.07) is 15.2. The summed E-state index contributed by atoms with van der Waals surface area (Å²) in [5.41, 5.74) is 5.01. The molecule has 0 radical (unpaired) electrons. The standard InChI is InChI=1S/C29H29FN4O2S/c1-19(35)33-12-10-32(11-13-33)17-20-6-7-22-15-23(9-8-21(22)14-20)34-18-31-26-16-27(37-28(26)29(34)36)24-4-2-3-5-25(24)30/h2-7,14,16,18,23H,8-13,15,17H2,1H3/t23-/m0/s1. The van der Waals surface area contributed by atoms with Crippen LogP contribution in [0.3, 0.4) is 0 Å². The van der Waals surface area contributed by atoms with Crippen LogP contribution in [0, 0.1) is 5.82 Å². The van der Waals surface area contributed by atoms with Gasteiger partial charge in [-0.3, -0.25) is 19.1 Å². The van der Waals surface area contributed by atoms with Crippen molar-refractivity contribution in [2.45, 2.75) is 38.8 Å². The number of thiophene rings is 1. The highest BCUT2D eigenvalue weighted by Gasteiger charge is 2.24. The quantitative estimate of drug-likeness (QED) is 0.396. The summed E-state index contributed by atoms with van der Waals surface area (Å²) in [6.07, 6.45) is 4.26. The Morgan fingerprint density at radius 3 is 2.68 bits per heavy atom. The van der Waals surface area contributed by atoms with Gasteiger partial charge in [0.25, 0.3) is 5.56 Å². The molecule has 6 rings (SSSR count). The molecular weight excluding hydrogens is 487 g/mol. The van der Waals surface area contributed by atoms with Crippen LogP contribution < -0.4 is 5.56 Å². The molecule has 1 fully saturated rings. The van der Waals surface area contributed by atoms with Crippen molar-refractivity contribution in [1.29, 1.82) is 0 Å². The van der Waals surface area contributed by atoms with E-state index in [4.69, 9.17) is 0 Å². The van der Waals surface area contributed by atoms with Crippen molar-refractivity contribution in [3.05, 3.63) is 87.7 Å². The lowest BCUT2D eigenvalue weighted by Gasteiger charge is -2.34. The lowest BCUT2D eigenvalue weighted by molar-refractivity contribution is -0.130. The highest BCUT2D eigenvalue weighted by molar-refractivity contribution is 7.22. The molecule has 2 aromatic carbocycles. The van der Waals surface area contributed by atoms with Gasteiger partial charge in [0.1, 0.15) is 10.5 Å². The first-order valence-electron chi connectivity index (χ1n) is 12.8. The predicted octanol–water partition coefficient (Wildman–Crippen LogP) is 4.66. The molecule has 1 amide bonds. The first-order chi connectivity index (χ1) is 18.0. The number of halogens is 1. The summed E-state index contributed by atoms with van der Waals surface area (Å²) in [7, 11) is 0. The SMILES string of the molecule is CC(=O)N1CCN(Cc2ccc3c(c2)CC[C@H](n2cnc4cc(-c5ccccc5F)sc4c2=O)C3)CC1. The Labute approximate surface area is 219 Å². The normalized spacial score (nSPS) is 18.2. The Morgan fingerprint density at radius 2 is 1.89 bits per heavy atom. The fraction of sp³-hybridized carbons (Fsp3) is 0.345.